The Bertz CT molecular complexity index is 358. The van der Waals surface area contributed by atoms with Crippen LogP contribution in [0.15, 0.2) is 12.4 Å². The lowest BCUT2D eigenvalue weighted by molar-refractivity contribution is 0.370. The van der Waals surface area contributed by atoms with Gasteiger partial charge in [-0.2, -0.15) is 11.8 Å². The highest BCUT2D eigenvalue weighted by Crippen LogP contribution is 2.27. The SMILES string of the molecule is CCCNC(Cc1nccn1CCC)C1CCSC1. The summed E-state index contributed by atoms with van der Waals surface area (Å²) < 4.78 is 2.32. The van der Waals surface area contributed by atoms with E-state index < -0.39 is 0 Å². The van der Waals surface area contributed by atoms with Crippen molar-refractivity contribution in [2.24, 2.45) is 5.92 Å². The monoisotopic (exact) mass is 281 g/mol. The minimum atomic E-state index is 0.605. The molecule has 1 N–H and O–H groups in total. The van der Waals surface area contributed by atoms with Crippen molar-refractivity contribution in [1.82, 2.24) is 14.9 Å². The van der Waals surface area contributed by atoms with Crippen LogP contribution < -0.4 is 5.32 Å². The number of aryl methyl sites for hydroxylation is 1. The van der Waals surface area contributed by atoms with E-state index in [-0.39, 0.29) is 0 Å². The predicted molar refractivity (Wildman–Crippen MR) is 83.7 cm³/mol. The van der Waals surface area contributed by atoms with Crippen LogP contribution >= 0.6 is 11.8 Å². The van der Waals surface area contributed by atoms with Crippen LogP contribution in [0.4, 0.5) is 0 Å². The number of nitrogens with zero attached hydrogens (tertiary/aromatic N) is 2. The van der Waals surface area contributed by atoms with Crippen molar-refractivity contribution >= 4 is 11.8 Å². The molecule has 2 atom stereocenters. The first kappa shape index (κ1) is 14.9. The summed E-state index contributed by atoms with van der Waals surface area (Å²) in [5.74, 6) is 4.73. The second-order valence-electron chi connectivity index (χ2n) is 5.43. The molecule has 1 aromatic rings. The molecule has 1 aliphatic heterocycles. The Morgan fingerprint density at radius 1 is 1.47 bits per heavy atom. The van der Waals surface area contributed by atoms with Crippen LogP contribution in [-0.4, -0.2) is 33.6 Å². The molecule has 0 spiro atoms. The van der Waals surface area contributed by atoms with Gasteiger partial charge in [0.1, 0.15) is 5.82 Å². The second-order valence-corrected chi connectivity index (χ2v) is 6.58. The Morgan fingerprint density at radius 2 is 2.37 bits per heavy atom. The van der Waals surface area contributed by atoms with Gasteiger partial charge in [-0.05, 0) is 43.2 Å². The summed E-state index contributed by atoms with van der Waals surface area (Å²) in [4.78, 5) is 4.57. The third kappa shape index (κ3) is 4.25. The Morgan fingerprint density at radius 3 is 3.05 bits per heavy atom. The van der Waals surface area contributed by atoms with Gasteiger partial charge in [-0.1, -0.05) is 13.8 Å². The molecule has 0 aromatic carbocycles. The largest absolute Gasteiger partial charge is 0.335 e. The minimum absolute atomic E-state index is 0.605. The Balaban J connectivity index is 1.99. The van der Waals surface area contributed by atoms with Gasteiger partial charge in [0.05, 0.1) is 0 Å². The van der Waals surface area contributed by atoms with Crippen LogP contribution in [0.1, 0.15) is 38.9 Å². The molecule has 4 heteroatoms. The molecular weight excluding hydrogens is 254 g/mol. The average Bonchev–Trinajstić information content (AvgIpc) is 3.06. The summed E-state index contributed by atoms with van der Waals surface area (Å²) in [7, 11) is 0. The lowest BCUT2D eigenvalue weighted by atomic mass is 9.96. The van der Waals surface area contributed by atoms with Crippen LogP contribution in [0.25, 0.3) is 0 Å². The standard InChI is InChI=1S/C15H27N3S/c1-3-6-16-14(13-5-10-19-12-13)11-15-17-7-9-18(15)8-4-2/h7,9,13-14,16H,3-6,8,10-12H2,1-2H3. The Labute approximate surface area is 121 Å². The number of imidazole rings is 1. The number of rotatable bonds is 8. The summed E-state index contributed by atoms with van der Waals surface area (Å²) in [6.07, 6.45) is 8.90. The molecular formula is C15H27N3S. The first-order chi connectivity index (χ1) is 9.35. The predicted octanol–water partition coefficient (Wildman–Crippen LogP) is 2.96. The van der Waals surface area contributed by atoms with Crippen LogP contribution in [0, 0.1) is 5.92 Å². The number of hydrogen-bond acceptors (Lipinski definition) is 3. The molecule has 1 aliphatic rings. The zero-order valence-corrected chi connectivity index (χ0v) is 13.1. The van der Waals surface area contributed by atoms with Gasteiger partial charge in [-0.25, -0.2) is 4.98 Å². The van der Waals surface area contributed by atoms with Gasteiger partial charge < -0.3 is 9.88 Å². The van der Waals surface area contributed by atoms with Gasteiger partial charge in [0.15, 0.2) is 0 Å². The zero-order valence-electron chi connectivity index (χ0n) is 12.3. The normalized spacial score (nSPS) is 20.8. The molecule has 0 saturated carbocycles. The first-order valence-corrected chi connectivity index (χ1v) is 8.81. The van der Waals surface area contributed by atoms with E-state index in [0.29, 0.717) is 6.04 Å². The summed E-state index contributed by atoms with van der Waals surface area (Å²) >= 11 is 2.10. The quantitative estimate of drug-likeness (QED) is 0.794. The second kappa shape index (κ2) is 7.95. The van der Waals surface area contributed by atoms with Gasteiger partial charge >= 0.3 is 0 Å². The van der Waals surface area contributed by atoms with Gasteiger partial charge in [-0.3, -0.25) is 0 Å². The summed E-state index contributed by atoms with van der Waals surface area (Å²) in [6, 6.07) is 0.605. The summed E-state index contributed by atoms with van der Waals surface area (Å²) in [6.45, 7) is 6.69. The van der Waals surface area contributed by atoms with Gasteiger partial charge in [0.2, 0.25) is 0 Å². The fourth-order valence-corrected chi connectivity index (χ4v) is 4.11. The molecule has 0 bridgehead atoms. The lowest BCUT2D eigenvalue weighted by Crippen LogP contribution is -2.39. The maximum absolute atomic E-state index is 4.57. The molecule has 2 rings (SSSR count). The summed E-state index contributed by atoms with van der Waals surface area (Å²) in [5, 5.41) is 3.75. The van der Waals surface area contributed by atoms with Crippen molar-refractivity contribution in [3.05, 3.63) is 18.2 Å². The van der Waals surface area contributed by atoms with Crippen LogP contribution in [0.2, 0.25) is 0 Å². The van der Waals surface area contributed by atoms with E-state index in [4.69, 9.17) is 0 Å². The van der Waals surface area contributed by atoms with Gasteiger partial charge in [0, 0.05) is 31.4 Å². The van der Waals surface area contributed by atoms with Gasteiger partial charge in [-0.15, -0.1) is 0 Å². The molecule has 2 heterocycles. The van der Waals surface area contributed by atoms with Crippen LogP contribution in [-0.2, 0) is 13.0 Å². The smallest absolute Gasteiger partial charge is 0.110 e. The molecule has 0 radical (unpaired) electrons. The van der Waals surface area contributed by atoms with Crippen LogP contribution in [0.5, 0.6) is 0 Å². The van der Waals surface area contributed by atoms with Crippen molar-refractivity contribution in [2.75, 3.05) is 18.1 Å². The highest BCUT2D eigenvalue weighted by molar-refractivity contribution is 7.99. The molecule has 1 saturated heterocycles. The average molecular weight is 281 g/mol. The lowest BCUT2D eigenvalue weighted by Gasteiger charge is -2.24. The fraction of sp³-hybridized carbons (Fsp3) is 0.800. The Kier molecular flexibility index (Phi) is 6.24. The third-order valence-electron chi connectivity index (χ3n) is 3.86. The zero-order chi connectivity index (χ0) is 13.5. The minimum Gasteiger partial charge on any atom is -0.335 e. The van der Waals surface area contributed by atoms with Gasteiger partial charge in [0.25, 0.3) is 0 Å². The molecule has 1 aromatic heterocycles. The maximum Gasteiger partial charge on any atom is 0.110 e. The van der Waals surface area contributed by atoms with Crippen molar-refractivity contribution < 1.29 is 0 Å². The molecule has 0 amide bonds. The number of aromatic nitrogens is 2. The molecule has 1 fully saturated rings. The number of nitrogens with one attached hydrogen (secondary N) is 1. The van der Waals surface area contributed by atoms with E-state index in [1.54, 1.807) is 0 Å². The van der Waals surface area contributed by atoms with E-state index >= 15 is 0 Å². The molecule has 19 heavy (non-hydrogen) atoms. The van der Waals surface area contributed by atoms with Crippen LogP contribution in [0.3, 0.4) is 0 Å². The highest BCUT2D eigenvalue weighted by atomic mass is 32.2. The highest BCUT2D eigenvalue weighted by Gasteiger charge is 2.26. The third-order valence-corrected chi connectivity index (χ3v) is 5.05. The molecule has 3 nitrogen and oxygen atoms in total. The number of hydrogen-bond donors (Lipinski definition) is 1. The molecule has 2 unspecified atom stereocenters. The first-order valence-electron chi connectivity index (χ1n) is 7.66. The van der Waals surface area contributed by atoms with Crippen molar-refractivity contribution in [2.45, 2.75) is 52.1 Å². The van der Waals surface area contributed by atoms with E-state index in [1.807, 2.05) is 6.20 Å². The molecule has 108 valence electrons. The topological polar surface area (TPSA) is 29.9 Å². The summed E-state index contributed by atoms with van der Waals surface area (Å²) in [5.41, 5.74) is 0. The maximum atomic E-state index is 4.57. The van der Waals surface area contributed by atoms with E-state index in [9.17, 15) is 0 Å². The van der Waals surface area contributed by atoms with Crippen molar-refractivity contribution in [3.63, 3.8) is 0 Å². The molecule has 0 aliphatic carbocycles. The Hall–Kier alpha value is -0.480. The number of thioether (sulfide) groups is 1. The van der Waals surface area contributed by atoms with Crippen molar-refractivity contribution in [1.29, 1.82) is 0 Å². The fourth-order valence-electron chi connectivity index (χ4n) is 2.78. The van der Waals surface area contributed by atoms with Crippen molar-refractivity contribution in [3.8, 4) is 0 Å². The van der Waals surface area contributed by atoms with E-state index in [2.05, 4.69) is 46.7 Å². The van der Waals surface area contributed by atoms with E-state index in [1.165, 1.54) is 36.6 Å². The van der Waals surface area contributed by atoms with E-state index in [0.717, 1.165) is 25.4 Å².